The summed E-state index contributed by atoms with van der Waals surface area (Å²) in [5.74, 6) is 0. The molecule has 0 heterocycles. The van der Waals surface area contributed by atoms with Crippen molar-refractivity contribution in [2.45, 2.75) is 38.1 Å². The minimum Gasteiger partial charge on any atom is -0.304 e. The summed E-state index contributed by atoms with van der Waals surface area (Å²) in [5, 5.41) is 3.56. The number of hydrogen-bond acceptors (Lipinski definition) is 1. The van der Waals surface area contributed by atoms with Crippen LogP contribution in [0.5, 0.6) is 0 Å². The van der Waals surface area contributed by atoms with Crippen molar-refractivity contribution in [2.24, 2.45) is 0 Å². The van der Waals surface area contributed by atoms with Crippen molar-refractivity contribution >= 4 is 0 Å². The van der Waals surface area contributed by atoms with Gasteiger partial charge >= 0.3 is 0 Å². The first kappa shape index (κ1) is 11.3. The third kappa shape index (κ3) is 3.15. The molecular formula is C13H21N. The van der Waals surface area contributed by atoms with E-state index < -0.39 is 0 Å². The maximum atomic E-state index is 3.91. The van der Waals surface area contributed by atoms with Gasteiger partial charge in [-0.25, -0.2) is 0 Å². The van der Waals surface area contributed by atoms with E-state index in [2.05, 4.69) is 43.1 Å². The first-order valence-corrected chi connectivity index (χ1v) is 5.56. The fraction of sp³-hybridized carbons (Fsp3) is 0.538. The van der Waals surface area contributed by atoms with E-state index in [4.69, 9.17) is 0 Å². The molecule has 1 heteroatoms. The lowest BCUT2D eigenvalue weighted by atomic mass is 9.91. The van der Waals surface area contributed by atoms with E-state index in [-0.39, 0.29) is 5.54 Å². The molecule has 0 saturated heterocycles. The Morgan fingerprint density at radius 2 is 2.29 bits per heavy atom. The highest BCUT2D eigenvalue weighted by Gasteiger charge is 2.21. The monoisotopic (exact) mass is 191 g/mol. The molecule has 1 atom stereocenters. The Morgan fingerprint density at radius 1 is 1.43 bits per heavy atom. The first-order chi connectivity index (χ1) is 6.83. The largest absolute Gasteiger partial charge is 0.304 e. The van der Waals surface area contributed by atoms with E-state index in [0.29, 0.717) is 0 Å². The maximum Gasteiger partial charge on any atom is 0.0585 e. The Morgan fingerprint density at radius 3 is 2.86 bits per heavy atom. The highest BCUT2D eigenvalue weighted by atomic mass is 15.0. The minimum absolute atomic E-state index is 0.0164. The van der Waals surface area contributed by atoms with E-state index in [0.717, 1.165) is 13.0 Å². The molecule has 0 fully saturated rings. The molecule has 1 nitrogen and oxygen atoms in total. The third-order valence-electron chi connectivity index (χ3n) is 2.70. The summed E-state index contributed by atoms with van der Waals surface area (Å²) in [4.78, 5) is 0. The predicted octanol–water partition coefficient (Wildman–Crippen LogP) is 3.21. The van der Waals surface area contributed by atoms with Crippen molar-refractivity contribution in [3.8, 4) is 0 Å². The molecule has 0 spiro atoms. The number of nitrogens with one attached hydrogen (secondary N) is 1. The fourth-order valence-electron chi connectivity index (χ4n) is 1.69. The molecule has 78 valence electrons. The third-order valence-corrected chi connectivity index (χ3v) is 2.70. The smallest absolute Gasteiger partial charge is 0.0585 e. The zero-order valence-electron chi connectivity index (χ0n) is 9.13. The highest BCUT2D eigenvalue weighted by Crippen LogP contribution is 2.18. The molecule has 1 unspecified atom stereocenters. The molecule has 1 N–H and O–H groups in total. The normalized spacial score (nSPS) is 25.2. The lowest BCUT2D eigenvalue weighted by Gasteiger charge is -2.29. The van der Waals surface area contributed by atoms with Crippen LogP contribution in [0, 0.1) is 0 Å². The van der Waals surface area contributed by atoms with Crippen LogP contribution in [0.4, 0.5) is 0 Å². The summed E-state index contributed by atoms with van der Waals surface area (Å²) in [6.45, 7) is 7.22. The average molecular weight is 191 g/mol. The standard InChI is InChI=1S/C13H21N/c1-3-5-9-12-14-13(4-2)10-7-6-8-11-13/h4,6-8,10,14H,2-3,5,9,11-12H2,1H3. The zero-order valence-corrected chi connectivity index (χ0v) is 9.13. The van der Waals surface area contributed by atoms with E-state index in [1.165, 1.54) is 19.3 Å². The summed E-state index contributed by atoms with van der Waals surface area (Å²) in [5.41, 5.74) is 0.0164. The van der Waals surface area contributed by atoms with Crippen molar-refractivity contribution in [2.75, 3.05) is 6.54 Å². The van der Waals surface area contributed by atoms with Gasteiger partial charge in [-0.2, -0.15) is 0 Å². The first-order valence-electron chi connectivity index (χ1n) is 5.56. The summed E-state index contributed by atoms with van der Waals surface area (Å²) in [7, 11) is 0. The predicted molar refractivity (Wildman–Crippen MR) is 63.4 cm³/mol. The zero-order chi connectivity index (χ0) is 10.3. The second kappa shape index (κ2) is 5.82. The van der Waals surface area contributed by atoms with Crippen LogP contribution in [0.15, 0.2) is 37.0 Å². The van der Waals surface area contributed by atoms with Crippen LogP contribution in [0.1, 0.15) is 32.6 Å². The van der Waals surface area contributed by atoms with Gasteiger partial charge in [0.25, 0.3) is 0 Å². The molecule has 0 aromatic carbocycles. The fourth-order valence-corrected chi connectivity index (χ4v) is 1.69. The van der Waals surface area contributed by atoms with Crippen LogP contribution in [0.2, 0.25) is 0 Å². The van der Waals surface area contributed by atoms with Crippen molar-refractivity contribution in [1.29, 1.82) is 0 Å². The van der Waals surface area contributed by atoms with Gasteiger partial charge in [0.1, 0.15) is 0 Å². The SMILES string of the molecule is C=CC1(NCCCCC)C=CC=CC1. The average Bonchev–Trinajstić information content (AvgIpc) is 2.26. The van der Waals surface area contributed by atoms with Crippen LogP contribution >= 0.6 is 0 Å². The Bertz CT molecular complexity index is 227. The van der Waals surface area contributed by atoms with E-state index in [9.17, 15) is 0 Å². The van der Waals surface area contributed by atoms with Gasteiger partial charge in [-0.3, -0.25) is 0 Å². The van der Waals surface area contributed by atoms with Crippen molar-refractivity contribution in [3.05, 3.63) is 37.0 Å². The molecule has 0 amide bonds. The summed E-state index contributed by atoms with van der Waals surface area (Å²) in [6, 6.07) is 0. The minimum atomic E-state index is 0.0164. The van der Waals surface area contributed by atoms with Gasteiger partial charge in [-0.1, -0.05) is 50.1 Å². The van der Waals surface area contributed by atoms with Crippen molar-refractivity contribution < 1.29 is 0 Å². The molecule has 1 rings (SSSR count). The molecule has 0 radical (unpaired) electrons. The number of rotatable bonds is 6. The Kier molecular flexibility index (Phi) is 4.68. The van der Waals surface area contributed by atoms with Gasteiger partial charge in [-0.15, -0.1) is 6.58 Å². The van der Waals surface area contributed by atoms with Crippen LogP contribution in [0.3, 0.4) is 0 Å². The number of unbranched alkanes of at least 4 members (excludes halogenated alkanes) is 2. The van der Waals surface area contributed by atoms with Gasteiger partial charge < -0.3 is 5.32 Å². The molecule has 0 aromatic heterocycles. The van der Waals surface area contributed by atoms with Crippen LogP contribution < -0.4 is 5.32 Å². The van der Waals surface area contributed by atoms with Gasteiger partial charge in [0.2, 0.25) is 0 Å². The summed E-state index contributed by atoms with van der Waals surface area (Å²) < 4.78 is 0. The quantitative estimate of drug-likeness (QED) is 0.502. The molecule has 0 bridgehead atoms. The molecule has 0 aromatic rings. The van der Waals surface area contributed by atoms with Crippen molar-refractivity contribution in [3.63, 3.8) is 0 Å². The van der Waals surface area contributed by atoms with Crippen LogP contribution in [0.25, 0.3) is 0 Å². The van der Waals surface area contributed by atoms with E-state index >= 15 is 0 Å². The molecule has 1 aliphatic carbocycles. The van der Waals surface area contributed by atoms with Gasteiger partial charge in [0, 0.05) is 0 Å². The van der Waals surface area contributed by atoms with Crippen LogP contribution in [-0.2, 0) is 0 Å². The molecule has 0 aliphatic heterocycles. The van der Waals surface area contributed by atoms with Crippen LogP contribution in [-0.4, -0.2) is 12.1 Å². The van der Waals surface area contributed by atoms with Gasteiger partial charge in [-0.05, 0) is 19.4 Å². The number of allylic oxidation sites excluding steroid dienone is 2. The summed E-state index contributed by atoms with van der Waals surface area (Å²) in [6.07, 6.45) is 15.5. The summed E-state index contributed by atoms with van der Waals surface area (Å²) >= 11 is 0. The number of hydrogen-bond donors (Lipinski definition) is 1. The highest BCUT2D eigenvalue weighted by molar-refractivity contribution is 5.26. The van der Waals surface area contributed by atoms with Gasteiger partial charge in [0.05, 0.1) is 5.54 Å². The Balaban J connectivity index is 2.35. The van der Waals surface area contributed by atoms with Crippen molar-refractivity contribution in [1.82, 2.24) is 5.32 Å². The molecular weight excluding hydrogens is 170 g/mol. The van der Waals surface area contributed by atoms with E-state index in [1.54, 1.807) is 0 Å². The Labute approximate surface area is 87.6 Å². The Hall–Kier alpha value is -0.820. The molecule has 1 aliphatic rings. The van der Waals surface area contributed by atoms with E-state index in [1.807, 2.05) is 6.08 Å². The lowest BCUT2D eigenvalue weighted by molar-refractivity contribution is 0.472. The van der Waals surface area contributed by atoms with Gasteiger partial charge in [0.15, 0.2) is 0 Å². The maximum absolute atomic E-state index is 3.91. The lowest BCUT2D eigenvalue weighted by Crippen LogP contribution is -2.42. The molecule has 14 heavy (non-hydrogen) atoms. The second-order valence-electron chi connectivity index (χ2n) is 3.87. The topological polar surface area (TPSA) is 12.0 Å². The molecule has 0 saturated carbocycles. The second-order valence-corrected chi connectivity index (χ2v) is 3.87.